The molecule has 1 amide bonds. The maximum Gasteiger partial charge on any atom is 0.226 e. The van der Waals surface area contributed by atoms with E-state index in [4.69, 9.17) is 4.52 Å². The van der Waals surface area contributed by atoms with Crippen LogP contribution in [0.15, 0.2) is 10.6 Å². The fourth-order valence-corrected chi connectivity index (χ4v) is 2.76. The summed E-state index contributed by atoms with van der Waals surface area (Å²) in [5.41, 5.74) is 0.0942. The second-order valence-corrected chi connectivity index (χ2v) is 5.97. The molecule has 1 aromatic rings. The number of piperidine rings is 1. The van der Waals surface area contributed by atoms with Crippen LogP contribution in [0.25, 0.3) is 0 Å². The zero-order valence-corrected chi connectivity index (χ0v) is 12.9. The number of aromatic nitrogens is 1. The van der Waals surface area contributed by atoms with Crippen molar-refractivity contribution in [3.63, 3.8) is 0 Å². The highest BCUT2D eigenvalue weighted by molar-refractivity contribution is 5.89. The Morgan fingerprint density at radius 3 is 2.76 bits per heavy atom. The van der Waals surface area contributed by atoms with Gasteiger partial charge in [-0.3, -0.25) is 4.79 Å². The normalized spacial score (nSPS) is 18.6. The van der Waals surface area contributed by atoms with Gasteiger partial charge >= 0.3 is 0 Å². The minimum atomic E-state index is -0.0437. The van der Waals surface area contributed by atoms with Crippen LogP contribution >= 0.6 is 0 Å². The molecule has 0 saturated carbocycles. The Hall–Kier alpha value is -1.40. The number of aliphatic hydroxyl groups excluding tert-OH is 1. The first kappa shape index (κ1) is 16.0. The van der Waals surface area contributed by atoms with Gasteiger partial charge in [0.1, 0.15) is 5.76 Å². The molecule has 118 valence electrons. The van der Waals surface area contributed by atoms with Crippen molar-refractivity contribution in [2.75, 3.05) is 31.6 Å². The second kappa shape index (κ2) is 7.04. The number of likely N-dealkylation sites (tertiary alicyclic amines) is 1. The lowest BCUT2D eigenvalue weighted by molar-refractivity contribution is -0.116. The van der Waals surface area contributed by atoms with E-state index in [1.54, 1.807) is 13.0 Å². The highest BCUT2D eigenvalue weighted by Gasteiger charge is 2.32. The molecule has 6 heteroatoms. The molecule has 0 aliphatic carbocycles. The topological polar surface area (TPSA) is 78.6 Å². The van der Waals surface area contributed by atoms with Gasteiger partial charge in [-0.05, 0) is 44.7 Å². The highest BCUT2D eigenvalue weighted by atomic mass is 16.5. The zero-order chi connectivity index (χ0) is 15.3. The van der Waals surface area contributed by atoms with Crippen LogP contribution in [-0.2, 0) is 4.79 Å². The molecule has 0 atom stereocenters. The smallest absolute Gasteiger partial charge is 0.226 e. The molecule has 1 aromatic heterocycles. The fraction of sp³-hybridized carbons (Fsp3) is 0.733. The Bertz CT molecular complexity index is 458. The van der Waals surface area contributed by atoms with E-state index in [-0.39, 0.29) is 17.9 Å². The van der Waals surface area contributed by atoms with Crippen LogP contribution in [-0.4, -0.2) is 47.3 Å². The summed E-state index contributed by atoms with van der Waals surface area (Å²) in [6.07, 6.45) is 3.47. The summed E-state index contributed by atoms with van der Waals surface area (Å²) in [7, 11) is 0. The number of hydrogen-bond donors (Lipinski definition) is 2. The minimum Gasteiger partial charge on any atom is -0.396 e. The summed E-state index contributed by atoms with van der Waals surface area (Å²) in [5, 5.41) is 16.0. The van der Waals surface area contributed by atoms with Crippen molar-refractivity contribution in [2.45, 2.75) is 39.5 Å². The van der Waals surface area contributed by atoms with Crippen molar-refractivity contribution in [1.82, 2.24) is 10.1 Å². The quantitative estimate of drug-likeness (QED) is 0.836. The SMILES string of the molecule is CCC1(CO)CCN(CCC(=O)Nc2cc(C)on2)CC1. The van der Waals surface area contributed by atoms with E-state index in [0.717, 1.165) is 38.9 Å². The Balaban J connectivity index is 1.71. The number of nitrogens with one attached hydrogen (secondary N) is 1. The number of aryl methyl sites for hydroxylation is 1. The number of rotatable bonds is 6. The molecular weight excluding hydrogens is 270 g/mol. The third-order valence-electron chi connectivity index (χ3n) is 4.55. The van der Waals surface area contributed by atoms with Gasteiger partial charge in [0.2, 0.25) is 5.91 Å². The number of nitrogens with zero attached hydrogens (tertiary/aromatic N) is 2. The number of carbonyl (C=O) groups is 1. The number of amides is 1. The third-order valence-corrected chi connectivity index (χ3v) is 4.55. The van der Waals surface area contributed by atoms with Crippen LogP contribution in [0.4, 0.5) is 5.82 Å². The average molecular weight is 295 g/mol. The minimum absolute atomic E-state index is 0.0437. The number of aliphatic hydroxyl groups is 1. The van der Waals surface area contributed by atoms with Crippen LogP contribution in [0, 0.1) is 12.3 Å². The van der Waals surface area contributed by atoms with Crippen molar-refractivity contribution in [2.24, 2.45) is 5.41 Å². The second-order valence-electron chi connectivity index (χ2n) is 5.97. The van der Waals surface area contributed by atoms with E-state index < -0.39 is 0 Å². The lowest BCUT2D eigenvalue weighted by Gasteiger charge is -2.40. The summed E-state index contributed by atoms with van der Waals surface area (Å²) < 4.78 is 4.91. The summed E-state index contributed by atoms with van der Waals surface area (Å²) in [6.45, 7) is 6.84. The molecule has 6 nitrogen and oxygen atoms in total. The first-order valence-electron chi connectivity index (χ1n) is 7.63. The Morgan fingerprint density at radius 2 is 2.24 bits per heavy atom. The first-order valence-corrected chi connectivity index (χ1v) is 7.63. The number of hydrogen-bond acceptors (Lipinski definition) is 5. The predicted molar refractivity (Wildman–Crippen MR) is 80.0 cm³/mol. The van der Waals surface area contributed by atoms with Crippen LogP contribution in [0.1, 0.15) is 38.4 Å². The van der Waals surface area contributed by atoms with Crippen LogP contribution in [0.2, 0.25) is 0 Å². The van der Waals surface area contributed by atoms with Gasteiger partial charge in [-0.15, -0.1) is 0 Å². The Labute approximate surface area is 125 Å². The first-order chi connectivity index (χ1) is 10.1. The lowest BCUT2D eigenvalue weighted by Crippen LogP contribution is -2.42. The van der Waals surface area contributed by atoms with Gasteiger partial charge in [0, 0.05) is 25.6 Å². The van der Waals surface area contributed by atoms with Gasteiger partial charge in [-0.1, -0.05) is 12.1 Å². The molecule has 0 spiro atoms. The van der Waals surface area contributed by atoms with Crippen LogP contribution < -0.4 is 5.32 Å². The maximum atomic E-state index is 11.8. The lowest BCUT2D eigenvalue weighted by atomic mass is 9.77. The van der Waals surface area contributed by atoms with E-state index in [1.807, 2.05) is 0 Å². The van der Waals surface area contributed by atoms with Gasteiger partial charge in [0.25, 0.3) is 0 Å². The summed E-state index contributed by atoms with van der Waals surface area (Å²) in [5.74, 6) is 1.11. The predicted octanol–water partition coefficient (Wildman–Crippen LogP) is 1.80. The standard InChI is InChI=1S/C15H25N3O3/c1-3-15(11-19)5-8-18(9-6-15)7-4-14(20)16-13-10-12(2)21-17-13/h10,19H,3-9,11H2,1-2H3,(H,16,17,20). The van der Waals surface area contributed by atoms with E-state index in [1.165, 1.54) is 0 Å². The van der Waals surface area contributed by atoms with Gasteiger partial charge in [-0.2, -0.15) is 0 Å². The molecule has 1 aliphatic rings. The fourth-order valence-electron chi connectivity index (χ4n) is 2.76. The maximum absolute atomic E-state index is 11.8. The molecule has 0 unspecified atom stereocenters. The monoisotopic (exact) mass is 295 g/mol. The van der Waals surface area contributed by atoms with Gasteiger partial charge in [0.05, 0.1) is 0 Å². The van der Waals surface area contributed by atoms with E-state index in [9.17, 15) is 9.90 Å². The molecule has 1 fully saturated rings. The highest BCUT2D eigenvalue weighted by Crippen LogP contribution is 2.34. The molecule has 1 aliphatic heterocycles. The van der Waals surface area contributed by atoms with E-state index in [2.05, 4.69) is 22.3 Å². The number of carbonyl (C=O) groups excluding carboxylic acids is 1. The summed E-state index contributed by atoms with van der Waals surface area (Å²) in [6, 6.07) is 1.70. The molecular formula is C15H25N3O3. The molecule has 0 radical (unpaired) electrons. The molecule has 2 rings (SSSR count). The summed E-state index contributed by atoms with van der Waals surface area (Å²) >= 11 is 0. The number of anilines is 1. The van der Waals surface area contributed by atoms with Gasteiger partial charge in [0.15, 0.2) is 5.82 Å². The summed E-state index contributed by atoms with van der Waals surface area (Å²) in [4.78, 5) is 14.1. The van der Waals surface area contributed by atoms with Crippen molar-refractivity contribution in [1.29, 1.82) is 0 Å². The molecule has 0 aromatic carbocycles. The third kappa shape index (κ3) is 4.28. The van der Waals surface area contributed by atoms with Crippen molar-refractivity contribution in [3.8, 4) is 0 Å². The molecule has 2 heterocycles. The molecule has 21 heavy (non-hydrogen) atoms. The van der Waals surface area contributed by atoms with Crippen molar-refractivity contribution >= 4 is 11.7 Å². The zero-order valence-electron chi connectivity index (χ0n) is 12.9. The van der Waals surface area contributed by atoms with Crippen LogP contribution in [0.3, 0.4) is 0 Å². The Morgan fingerprint density at radius 1 is 1.52 bits per heavy atom. The van der Waals surface area contributed by atoms with Gasteiger partial charge in [-0.25, -0.2) is 0 Å². The van der Waals surface area contributed by atoms with Crippen molar-refractivity contribution in [3.05, 3.63) is 11.8 Å². The largest absolute Gasteiger partial charge is 0.396 e. The van der Waals surface area contributed by atoms with Crippen LogP contribution in [0.5, 0.6) is 0 Å². The molecule has 1 saturated heterocycles. The Kier molecular flexibility index (Phi) is 5.36. The van der Waals surface area contributed by atoms with E-state index >= 15 is 0 Å². The molecule has 0 bridgehead atoms. The van der Waals surface area contributed by atoms with E-state index in [0.29, 0.717) is 18.0 Å². The average Bonchev–Trinajstić information content (AvgIpc) is 2.91. The van der Waals surface area contributed by atoms with Crippen molar-refractivity contribution < 1.29 is 14.4 Å². The molecule has 2 N–H and O–H groups in total. The van der Waals surface area contributed by atoms with Gasteiger partial charge < -0.3 is 19.8 Å².